The Morgan fingerprint density at radius 1 is 1.70 bits per heavy atom. The van der Waals surface area contributed by atoms with Gasteiger partial charge in [0.25, 0.3) is 0 Å². The van der Waals surface area contributed by atoms with Crippen LogP contribution in [0.2, 0.25) is 0 Å². The van der Waals surface area contributed by atoms with Crippen molar-refractivity contribution in [1.29, 1.82) is 0 Å². The highest BCUT2D eigenvalue weighted by molar-refractivity contribution is 5.76. The van der Waals surface area contributed by atoms with Crippen molar-refractivity contribution in [2.75, 3.05) is 7.05 Å². The summed E-state index contributed by atoms with van der Waals surface area (Å²) in [6.07, 6.45) is 3.06. The number of nitrogens with zero attached hydrogens (tertiary/aromatic N) is 2. The molecular weight excluding hydrogens is 128 g/mol. The Morgan fingerprint density at radius 3 is 2.70 bits per heavy atom. The average molecular weight is 142 g/mol. The van der Waals surface area contributed by atoms with E-state index in [4.69, 9.17) is 0 Å². The van der Waals surface area contributed by atoms with Gasteiger partial charge in [0.1, 0.15) is 0 Å². The van der Waals surface area contributed by atoms with Gasteiger partial charge in [-0.2, -0.15) is 5.10 Å². The van der Waals surface area contributed by atoms with Crippen LogP contribution in [0, 0.1) is 0 Å². The Morgan fingerprint density at radius 2 is 2.30 bits per heavy atom. The van der Waals surface area contributed by atoms with E-state index in [2.05, 4.69) is 5.10 Å². The molecule has 0 aliphatic rings. The lowest BCUT2D eigenvalue weighted by Crippen LogP contribution is -2.20. The van der Waals surface area contributed by atoms with E-state index in [-0.39, 0.29) is 5.91 Å². The minimum Gasteiger partial charge on any atom is -0.273 e. The summed E-state index contributed by atoms with van der Waals surface area (Å²) in [4.78, 5) is 10.9. The lowest BCUT2D eigenvalue weighted by molar-refractivity contribution is -0.129. The van der Waals surface area contributed by atoms with Crippen LogP contribution in [0.25, 0.3) is 0 Å². The highest BCUT2D eigenvalue weighted by Gasteiger charge is 2.02. The molecular formula is C7H14N2O. The van der Waals surface area contributed by atoms with E-state index in [1.54, 1.807) is 20.2 Å². The Bertz CT molecular complexity index is 132. The van der Waals surface area contributed by atoms with Gasteiger partial charge in [-0.25, -0.2) is 5.01 Å². The van der Waals surface area contributed by atoms with Crippen LogP contribution in [0.5, 0.6) is 0 Å². The second-order valence-corrected chi connectivity index (χ2v) is 2.04. The molecule has 0 unspecified atom stereocenters. The van der Waals surface area contributed by atoms with Crippen molar-refractivity contribution in [3.05, 3.63) is 0 Å². The largest absolute Gasteiger partial charge is 0.273 e. The maximum absolute atomic E-state index is 10.9. The van der Waals surface area contributed by atoms with Gasteiger partial charge in [-0.15, -0.1) is 0 Å². The van der Waals surface area contributed by atoms with Crippen LogP contribution >= 0.6 is 0 Å². The first-order valence-corrected chi connectivity index (χ1v) is 3.47. The summed E-state index contributed by atoms with van der Waals surface area (Å²) in [5.74, 6) is 0.0700. The summed E-state index contributed by atoms with van der Waals surface area (Å²) in [5, 5.41) is 5.17. The monoisotopic (exact) mass is 142 g/mol. The Hall–Kier alpha value is -0.860. The van der Waals surface area contributed by atoms with Crippen LogP contribution in [-0.4, -0.2) is 24.2 Å². The molecule has 0 aliphatic carbocycles. The molecule has 58 valence electrons. The van der Waals surface area contributed by atoms with Gasteiger partial charge < -0.3 is 0 Å². The molecule has 0 N–H and O–H groups in total. The van der Waals surface area contributed by atoms with Gasteiger partial charge in [-0.3, -0.25) is 4.79 Å². The van der Waals surface area contributed by atoms with E-state index in [0.717, 1.165) is 6.42 Å². The minimum atomic E-state index is 0.0700. The maximum atomic E-state index is 10.9. The summed E-state index contributed by atoms with van der Waals surface area (Å²) in [7, 11) is 1.66. The van der Waals surface area contributed by atoms with Crippen LogP contribution in [-0.2, 0) is 4.79 Å². The quantitative estimate of drug-likeness (QED) is 0.431. The Kier molecular flexibility index (Phi) is 4.54. The molecule has 0 fully saturated rings. The molecule has 0 aromatic carbocycles. The molecule has 0 bridgehead atoms. The first-order chi connectivity index (χ1) is 4.72. The summed E-state index contributed by atoms with van der Waals surface area (Å²) in [6, 6.07) is 0. The van der Waals surface area contributed by atoms with E-state index >= 15 is 0 Å². The van der Waals surface area contributed by atoms with Crippen molar-refractivity contribution in [2.45, 2.75) is 26.7 Å². The highest BCUT2D eigenvalue weighted by Crippen LogP contribution is 1.93. The standard InChI is InChI=1S/C7H14N2O/c1-4-6-7(10)9(3)8-5-2/h5H,4,6H2,1-3H3/b8-5-. The normalized spacial score (nSPS) is 10.3. The lowest BCUT2D eigenvalue weighted by atomic mass is 10.3. The second kappa shape index (κ2) is 4.97. The fraction of sp³-hybridized carbons (Fsp3) is 0.714. The van der Waals surface area contributed by atoms with Crippen LogP contribution in [0.15, 0.2) is 5.10 Å². The zero-order valence-electron chi connectivity index (χ0n) is 6.79. The molecule has 0 aromatic rings. The van der Waals surface area contributed by atoms with Gasteiger partial charge in [0.2, 0.25) is 5.91 Å². The molecule has 0 heterocycles. The highest BCUT2D eigenvalue weighted by atomic mass is 16.2. The molecule has 0 radical (unpaired) electrons. The SMILES string of the molecule is C/C=N\N(C)C(=O)CCC. The van der Waals surface area contributed by atoms with Crippen LogP contribution in [0.3, 0.4) is 0 Å². The zero-order valence-corrected chi connectivity index (χ0v) is 6.79. The average Bonchev–Trinajstić information content (AvgIpc) is 1.89. The molecule has 3 nitrogen and oxygen atoms in total. The predicted molar refractivity (Wildman–Crippen MR) is 41.8 cm³/mol. The zero-order chi connectivity index (χ0) is 7.98. The molecule has 0 aromatic heterocycles. The number of carbonyl (C=O) groups is 1. The molecule has 1 amide bonds. The number of amides is 1. The first-order valence-electron chi connectivity index (χ1n) is 3.47. The molecule has 0 saturated carbocycles. The van der Waals surface area contributed by atoms with Crippen molar-refractivity contribution >= 4 is 12.1 Å². The van der Waals surface area contributed by atoms with Gasteiger partial charge in [0, 0.05) is 19.7 Å². The van der Waals surface area contributed by atoms with Crippen LogP contribution in [0.4, 0.5) is 0 Å². The van der Waals surface area contributed by atoms with Crippen molar-refractivity contribution in [3.63, 3.8) is 0 Å². The van der Waals surface area contributed by atoms with E-state index in [1.807, 2.05) is 6.92 Å². The summed E-state index contributed by atoms with van der Waals surface area (Å²) < 4.78 is 0. The molecule has 0 spiro atoms. The van der Waals surface area contributed by atoms with E-state index < -0.39 is 0 Å². The number of hydrazone groups is 1. The molecule has 0 aliphatic heterocycles. The smallest absolute Gasteiger partial charge is 0.242 e. The van der Waals surface area contributed by atoms with Gasteiger partial charge >= 0.3 is 0 Å². The van der Waals surface area contributed by atoms with Crippen molar-refractivity contribution in [1.82, 2.24) is 5.01 Å². The van der Waals surface area contributed by atoms with Crippen molar-refractivity contribution in [3.8, 4) is 0 Å². The fourth-order valence-electron chi connectivity index (χ4n) is 0.613. The van der Waals surface area contributed by atoms with Gasteiger partial charge in [-0.1, -0.05) is 6.92 Å². The lowest BCUT2D eigenvalue weighted by Gasteiger charge is -2.08. The Balaban J connectivity index is 3.70. The van der Waals surface area contributed by atoms with Gasteiger partial charge in [-0.05, 0) is 13.3 Å². The number of rotatable bonds is 3. The first kappa shape index (κ1) is 9.14. The predicted octanol–water partition coefficient (Wildman–Crippen LogP) is 1.25. The summed E-state index contributed by atoms with van der Waals surface area (Å²) in [6.45, 7) is 3.76. The fourth-order valence-corrected chi connectivity index (χ4v) is 0.613. The third kappa shape index (κ3) is 3.22. The van der Waals surface area contributed by atoms with Crippen molar-refractivity contribution < 1.29 is 4.79 Å². The second-order valence-electron chi connectivity index (χ2n) is 2.04. The van der Waals surface area contributed by atoms with E-state index in [0.29, 0.717) is 6.42 Å². The molecule has 0 rings (SSSR count). The van der Waals surface area contributed by atoms with E-state index in [1.165, 1.54) is 5.01 Å². The van der Waals surface area contributed by atoms with Crippen LogP contribution in [0.1, 0.15) is 26.7 Å². The number of carbonyl (C=O) groups excluding carboxylic acids is 1. The number of hydrogen-bond donors (Lipinski definition) is 0. The summed E-state index contributed by atoms with van der Waals surface area (Å²) >= 11 is 0. The summed E-state index contributed by atoms with van der Waals surface area (Å²) in [5.41, 5.74) is 0. The molecule has 0 atom stereocenters. The molecule has 3 heteroatoms. The van der Waals surface area contributed by atoms with Gasteiger partial charge in [0.15, 0.2) is 0 Å². The van der Waals surface area contributed by atoms with Crippen molar-refractivity contribution in [2.24, 2.45) is 5.10 Å². The third-order valence-corrected chi connectivity index (χ3v) is 1.11. The minimum absolute atomic E-state index is 0.0700. The molecule has 0 saturated heterocycles. The Labute approximate surface area is 61.7 Å². The van der Waals surface area contributed by atoms with Gasteiger partial charge in [0.05, 0.1) is 0 Å². The van der Waals surface area contributed by atoms with E-state index in [9.17, 15) is 4.79 Å². The molecule has 10 heavy (non-hydrogen) atoms. The topological polar surface area (TPSA) is 32.7 Å². The third-order valence-electron chi connectivity index (χ3n) is 1.11. The number of hydrogen-bond acceptors (Lipinski definition) is 2. The maximum Gasteiger partial charge on any atom is 0.242 e. The van der Waals surface area contributed by atoms with Crippen LogP contribution < -0.4 is 0 Å².